The molecule has 21 heavy (non-hydrogen) atoms. The zero-order chi connectivity index (χ0) is 15.4. The van der Waals surface area contributed by atoms with E-state index in [0.717, 1.165) is 22.6 Å². The molecule has 0 amide bonds. The van der Waals surface area contributed by atoms with Gasteiger partial charge in [0.05, 0.1) is 42.8 Å². The van der Waals surface area contributed by atoms with Crippen molar-refractivity contribution in [3.8, 4) is 5.75 Å². The summed E-state index contributed by atoms with van der Waals surface area (Å²) in [5.74, 6) is 1.61. The fraction of sp³-hybridized carbons (Fsp3) is 0.533. The van der Waals surface area contributed by atoms with Gasteiger partial charge in [0.25, 0.3) is 0 Å². The number of ether oxygens (including phenoxy) is 3. The van der Waals surface area contributed by atoms with Crippen LogP contribution in [0.15, 0.2) is 18.2 Å². The molecule has 0 saturated carbocycles. The molecule has 2 rings (SSSR count). The fourth-order valence-electron chi connectivity index (χ4n) is 2.33. The standard InChI is InChI=1S/C15H21ClN2O3/c1-10(16)15-17-13-6-5-11(20-3)7-14(13)18(15)8-12(21-4)9-19-2/h5-7,10,12H,8-9H2,1-4H3. The highest BCUT2D eigenvalue weighted by Crippen LogP contribution is 2.27. The Bertz CT molecular complexity index is 598. The molecule has 6 heteroatoms. The first-order valence-electron chi connectivity index (χ1n) is 6.80. The summed E-state index contributed by atoms with van der Waals surface area (Å²) in [4.78, 5) is 4.61. The van der Waals surface area contributed by atoms with Crippen molar-refractivity contribution >= 4 is 22.6 Å². The topological polar surface area (TPSA) is 45.5 Å². The van der Waals surface area contributed by atoms with E-state index in [0.29, 0.717) is 13.2 Å². The first kappa shape index (κ1) is 16.1. The first-order chi connectivity index (χ1) is 10.1. The van der Waals surface area contributed by atoms with Crippen LogP contribution in [0.4, 0.5) is 0 Å². The summed E-state index contributed by atoms with van der Waals surface area (Å²) < 4.78 is 18.0. The SMILES string of the molecule is COCC(Cn1c(C(C)Cl)nc2ccc(OC)cc21)OC. The van der Waals surface area contributed by atoms with Gasteiger partial charge in [0.15, 0.2) is 0 Å². The fourth-order valence-corrected chi connectivity index (χ4v) is 2.50. The van der Waals surface area contributed by atoms with Crippen molar-refractivity contribution in [3.63, 3.8) is 0 Å². The second-order valence-electron chi connectivity index (χ2n) is 4.86. The van der Waals surface area contributed by atoms with Crippen LogP contribution in [0, 0.1) is 0 Å². The van der Waals surface area contributed by atoms with Gasteiger partial charge in [-0.15, -0.1) is 11.6 Å². The van der Waals surface area contributed by atoms with Crippen LogP contribution >= 0.6 is 11.6 Å². The molecule has 0 radical (unpaired) electrons. The van der Waals surface area contributed by atoms with Crippen LogP contribution in [-0.2, 0) is 16.0 Å². The number of fused-ring (bicyclic) bond motifs is 1. The number of hydrogen-bond donors (Lipinski definition) is 0. The number of rotatable bonds is 7. The Labute approximate surface area is 129 Å². The van der Waals surface area contributed by atoms with E-state index in [2.05, 4.69) is 9.55 Å². The number of methoxy groups -OCH3 is 3. The van der Waals surface area contributed by atoms with Gasteiger partial charge in [-0.05, 0) is 19.1 Å². The van der Waals surface area contributed by atoms with Crippen molar-refractivity contribution in [2.45, 2.75) is 24.9 Å². The zero-order valence-electron chi connectivity index (χ0n) is 12.8. The molecule has 0 saturated heterocycles. The summed E-state index contributed by atoms with van der Waals surface area (Å²) in [6.45, 7) is 3.05. The van der Waals surface area contributed by atoms with Gasteiger partial charge in [0, 0.05) is 20.3 Å². The molecule has 0 spiro atoms. The van der Waals surface area contributed by atoms with Crippen LogP contribution in [0.25, 0.3) is 11.0 Å². The Hall–Kier alpha value is -1.30. The van der Waals surface area contributed by atoms with E-state index in [1.54, 1.807) is 21.3 Å². The minimum absolute atomic E-state index is 0.0623. The van der Waals surface area contributed by atoms with E-state index in [1.165, 1.54) is 0 Å². The summed E-state index contributed by atoms with van der Waals surface area (Å²) in [6, 6.07) is 5.79. The molecule has 0 aliphatic heterocycles. The molecule has 116 valence electrons. The third-order valence-corrected chi connectivity index (χ3v) is 3.61. The van der Waals surface area contributed by atoms with E-state index in [1.807, 2.05) is 25.1 Å². The average molecular weight is 313 g/mol. The van der Waals surface area contributed by atoms with Crippen LogP contribution in [-0.4, -0.2) is 43.6 Å². The summed E-state index contributed by atoms with van der Waals surface area (Å²) in [5, 5.41) is -0.191. The molecule has 0 N–H and O–H groups in total. The van der Waals surface area contributed by atoms with E-state index < -0.39 is 0 Å². The lowest BCUT2D eigenvalue weighted by atomic mass is 10.3. The summed E-state index contributed by atoms with van der Waals surface area (Å²) in [5.41, 5.74) is 1.88. The Morgan fingerprint density at radius 3 is 2.62 bits per heavy atom. The van der Waals surface area contributed by atoms with Gasteiger partial charge in [0.2, 0.25) is 0 Å². The lowest BCUT2D eigenvalue weighted by Gasteiger charge is -2.18. The quantitative estimate of drug-likeness (QED) is 0.737. The summed E-state index contributed by atoms with van der Waals surface area (Å²) in [7, 11) is 4.98. The maximum Gasteiger partial charge on any atom is 0.127 e. The highest BCUT2D eigenvalue weighted by Gasteiger charge is 2.18. The van der Waals surface area contributed by atoms with Crippen molar-refractivity contribution in [1.82, 2.24) is 9.55 Å². The maximum atomic E-state index is 6.27. The first-order valence-corrected chi connectivity index (χ1v) is 7.24. The van der Waals surface area contributed by atoms with Gasteiger partial charge in [-0.3, -0.25) is 0 Å². The molecule has 5 nitrogen and oxygen atoms in total. The van der Waals surface area contributed by atoms with Crippen molar-refractivity contribution in [2.75, 3.05) is 27.9 Å². The largest absolute Gasteiger partial charge is 0.497 e. The molecule has 1 heterocycles. The van der Waals surface area contributed by atoms with Crippen LogP contribution in [0.1, 0.15) is 18.1 Å². The third kappa shape index (κ3) is 3.48. The van der Waals surface area contributed by atoms with E-state index in [4.69, 9.17) is 25.8 Å². The molecule has 0 aliphatic rings. The van der Waals surface area contributed by atoms with Crippen molar-refractivity contribution in [1.29, 1.82) is 0 Å². The molecule has 1 aromatic carbocycles. The van der Waals surface area contributed by atoms with Gasteiger partial charge in [-0.1, -0.05) is 0 Å². The predicted octanol–water partition coefficient (Wildman–Crippen LogP) is 3.01. The number of aromatic nitrogens is 2. The van der Waals surface area contributed by atoms with Crippen LogP contribution < -0.4 is 4.74 Å². The lowest BCUT2D eigenvalue weighted by molar-refractivity contribution is 0.0185. The molecule has 2 aromatic rings. The number of nitrogens with zero attached hydrogens (tertiary/aromatic N) is 2. The van der Waals surface area contributed by atoms with Crippen molar-refractivity contribution in [2.24, 2.45) is 0 Å². The van der Waals surface area contributed by atoms with Gasteiger partial charge in [-0.2, -0.15) is 0 Å². The van der Waals surface area contributed by atoms with E-state index in [9.17, 15) is 0 Å². The predicted molar refractivity (Wildman–Crippen MR) is 83.2 cm³/mol. The number of alkyl halides is 1. The van der Waals surface area contributed by atoms with Gasteiger partial charge < -0.3 is 18.8 Å². The van der Waals surface area contributed by atoms with E-state index >= 15 is 0 Å². The molecule has 1 aromatic heterocycles. The van der Waals surface area contributed by atoms with Crippen LogP contribution in [0.5, 0.6) is 5.75 Å². The van der Waals surface area contributed by atoms with Crippen LogP contribution in [0.3, 0.4) is 0 Å². The molecule has 0 aliphatic carbocycles. The number of benzene rings is 1. The van der Waals surface area contributed by atoms with Crippen molar-refractivity contribution < 1.29 is 14.2 Å². The smallest absolute Gasteiger partial charge is 0.127 e. The highest BCUT2D eigenvalue weighted by atomic mass is 35.5. The Balaban J connectivity index is 2.48. The van der Waals surface area contributed by atoms with Gasteiger partial charge in [0.1, 0.15) is 11.6 Å². The Kier molecular flexibility index (Phi) is 5.45. The minimum atomic E-state index is -0.191. The maximum absolute atomic E-state index is 6.27. The highest BCUT2D eigenvalue weighted by molar-refractivity contribution is 6.20. The number of hydrogen-bond acceptors (Lipinski definition) is 4. The van der Waals surface area contributed by atoms with E-state index in [-0.39, 0.29) is 11.5 Å². The van der Waals surface area contributed by atoms with Crippen LogP contribution in [0.2, 0.25) is 0 Å². The lowest BCUT2D eigenvalue weighted by Crippen LogP contribution is -2.24. The summed E-state index contributed by atoms with van der Waals surface area (Å²) in [6.07, 6.45) is -0.0623. The normalized spacial score (nSPS) is 14.3. The molecule has 2 atom stereocenters. The second kappa shape index (κ2) is 7.11. The third-order valence-electron chi connectivity index (χ3n) is 3.41. The van der Waals surface area contributed by atoms with Gasteiger partial charge in [-0.25, -0.2) is 4.98 Å². The molecular formula is C15H21ClN2O3. The summed E-state index contributed by atoms with van der Waals surface area (Å²) >= 11 is 6.27. The van der Waals surface area contributed by atoms with Crippen molar-refractivity contribution in [3.05, 3.63) is 24.0 Å². The average Bonchev–Trinajstić information content (AvgIpc) is 2.84. The van der Waals surface area contributed by atoms with Gasteiger partial charge >= 0.3 is 0 Å². The number of halogens is 1. The minimum Gasteiger partial charge on any atom is -0.497 e. The number of imidazole rings is 1. The zero-order valence-corrected chi connectivity index (χ0v) is 13.6. The molecule has 0 fully saturated rings. The Morgan fingerprint density at radius 1 is 1.29 bits per heavy atom. The second-order valence-corrected chi connectivity index (χ2v) is 5.52. The molecule has 2 unspecified atom stereocenters. The monoisotopic (exact) mass is 312 g/mol. The molecular weight excluding hydrogens is 292 g/mol. The Morgan fingerprint density at radius 2 is 2.05 bits per heavy atom. The molecule has 0 bridgehead atoms.